The predicted molar refractivity (Wildman–Crippen MR) is 98.5 cm³/mol. The van der Waals surface area contributed by atoms with Crippen molar-refractivity contribution in [3.8, 4) is 0 Å². The van der Waals surface area contributed by atoms with Gasteiger partial charge in [0.15, 0.2) is 6.33 Å². The summed E-state index contributed by atoms with van der Waals surface area (Å²) in [6, 6.07) is 5.39. The number of piperazine rings is 1. The Hall–Kier alpha value is -2.88. The van der Waals surface area contributed by atoms with Crippen LogP contribution in [0, 0.1) is 0 Å². The fraction of sp³-hybridized carbons (Fsp3) is 0.444. The van der Waals surface area contributed by atoms with E-state index in [4.69, 9.17) is 4.52 Å². The molecule has 28 heavy (non-hydrogen) atoms. The lowest BCUT2D eigenvalue weighted by Crippen LogP contribution is -2.47. The van der Waals surface area contributed by atoms with Gasteiger partial charge in [-0.3, -0.25) is 14.3 Å². The van der Waals surface area contributed by atoms with E-state index in [9.17, 15) is 13.6 Å². The summed E-state index contributed by atoms with van der Waals surface area (Å²) in [6.45, 7) is 4.63. The summed E-state index contributed by atoms with van der Waals surface area (Å²) in [5, 5.41) is 4.00. The molecule has 0 radical (unpaired) electrons. The Bertz CT molecular complexity index is 999. The minimum Gasteiger partial charge on any atom is -0.369 e. The van der Waals surface area contributed by atoms with Gasteiger partial charge >= 0.3 is 0 Å². The molecule has 3 aromatic rings. The summed E-state index contributed by atoms with van der Waals surface area (Å²) < 4.78 is 31.2. The summed E-state index contributed by atoms with van der Waals surface area (Å²) in [4.78, 5) is 25.1. The van der Waals surface area contributed by atoms with Crippen LogP contribution in [-0.2, 0) is 6.54 Å². The molecule has 1 aliphatic heterocycles. The highest BCUT2D eigenvalue weighted by Gasteiger charge is 2.25. The first-order valence-electron chi connectivity index (χ1n) is 9.06. The van der Waals surface area contributed by atoms with E-state index in [-0.39, 0.29) is 6.04 Å². The quantitative estimate of drug-likeness (QED) is 0.658. The van der Waals surface area contributed by atoms with Crippen LogP contribution in [0.1, 0.15) is 18.9 Å². The van der Waals surface area contributed by atoms with E-state index in [0.29, 0.717) is 16.8 Å². The zero-order valence-electron chi connectivity index (χ0n) is 15.3. The number of hydrogen-bond acceptors (Lipinski definition) is 7. The molecular weight excluding hydrogens is 370 g/mol. The molecule has 148 valence electrons. The largest absolute Gasteiger partial charge is 0.369 e. The van der Waals surface area contributed by atoms with Gasteiger partial charge < -0.3 is 9.42 Å². The lowest BCUT2D eigenvalue weighted by molar-refractivity contribution is 0.125. The van der Waals surface area contributed by atoms with Gasteiger partial charge in [-0.25, -0.2) is 13.8 Å². The Morgan fingerprint density at radius 3 is 2.64 bits per heavy atom. The molecule has 3 heterocycles. The van der Waals surface area contributed by atoms with Crippen LogP contribution in [0.5, 0.6) is 0 Å². The molecule has 10 heteroatoms. The average molecular weight is 390 g/mol. The summed E-state index contributed by atoms with van der Waals surface area (Å²) >= 11 is 0. The maximum atomic E-state index is 12.6. The molecule has 1 atom stereocenters. The highest BCUT2D eigenvalue weighted by Crippen LogP contribution is 2.24. The highest BCUT2D eigenvalue weighted by atomic mass is 19.3. The Labute approximate surface area is 159 Å². The number of halogens is 2. The van der Waals surface area contributed by atoms with E-state index >= 15 is 0 Å². The summed E-state index contributed by atoms with van der Waals surface area (Å²) in [7, 11) is 0. The number of anilines is 1. The monoisotopic (exact) mass is 390 g/mol. The number of rotatable bonds is 5. The summed E-state index contributed by atoms with van der Waals surface area (Å²) in [5.74, 6) is 0.600. The van der Waals surface area contributed by atoms with Crippen molar-refractivity contribution in [1.82, 2.24) is 24.6 Å². The molecule has 1 unspecified atom stereocenters. The van der Waals surface area contributed by atoms with Gasteiger partial charge in [0.25, 0.3) is 12.0 Å². The van der Waals surface area contributed by atoms with E-state index < -0.39 is 18.5 Å². The minimum atomic E-state index is -2.60. The van der Waals surface area contributed by atoms with Crippen molar-refractivity contribution in [2.24, 2.45) is 0 Å². The number of alkyl halides is 2. The van der Waals surface area contributed by atoms with Crippen LogP contribution in [0.2, 0.25) is 0 Å². The molecule has 0 N–H and O–H groups in total. The molecule has 2 aromatic heterocycles. The zero-order valence-corrected chi connectivity index (χ0v) is 15.3. The van der Waals surface area contributed by atoms with E-state index in [0.717, 1.165) is 36.4 Å². The zero-order chi connectivity index (χ0) is 19.7. The molecule has 0 spiro atoms. The fourth-order valence-corrected chi connectivity index (χ4v) is 3.51. The van der Waals surface area contributed by atoms with Crippen molar-refractivity contribution < 1.29 is 13.3 Å². The van der Waals surface area contributed by atoms with Gasteiger partial charge in [0, 0.05) is 31.9 Å². The molecule has 0 aliphatic carbocycles. The third kappa shape index (κ3) is 3.59. The fourth-order valence-electron chi connectivity index (χ4n) is 3.51. The maximum absolute atomic E-state index is 12.6. The molecule has 8 nitrogen and oxygen atoms in total. The summed E-state index contributed by atoms with van der Waals surface area (Å²) in [6.07, 6.45) is -0.00794. The van der Waals surface area contributed by atoms with Gasteiger partial charge in [0.2, 0.25) is 5.89 Å². The minimum absolute atomic E-state index is 0.0521. The third-order valence-corrected chi connectivity index (χ3v) is 5.11. The first-order chi connectivity index (χ1) is 13.5. The maximum Gasteiger partial charge on any atom is 0.261 e. The molecule has 0 bridgehead atoms. The standard InChI is InChI=1S/C18H20F2N6O2/c1-12(17-21-10-23-28-17)24-4-6-25(7-5-24)13-2-3-14-15(8-13)22-11-26(18(14)27)9-16(19)20/h2-3,8,10-12,16H,4-7,9H2,1H3. The van der Waals surface area contributed by atoms with E-state index in [1.807, 2.05) is 19.1 Å². The Morgan fingerprint density at radius 1 is 1.18 bits per heavy atom. The van der Waals surface area contributed by atoms with Crippen LogP contribution >= 0.6 is 0 Å². The molecule has 4 rings (SSSR count). The van der Waals surface area contributed by atoms with Crippen molar-refractivity contribution in [1.29, 1.82) is 0 Å². The lowest BCUT2D eigenvalue weighted by atomic mass is 10.1. The van der Waals surface area contributed by atoms with Gasteiger partial charge in [-0.05, 0) is 25.1 Å². The summed E-state index contributed by atoms with van der Waals surface area (Å²) in [5.41, 5.74) is 1.01. The van der Waals surface area contributed by atoms with Crippen LogP contribution in [0.15, 0.2) is 40.2 Å². The van der Waals surface area contributed by atoms with Crippen molar-refractivity contribution in [3.63, 3.8) is 0 Å². The van der Waals surface area contributed by atoms with Crippen LogP contribution in [0.4, 0.5) is 14.5 Å². The Morgan fingerprint density at radius 2 is 1.96 bits per heavy atom. The smallest absolute Gasteiger partial charge is 0.261 e. The second-order valence-corrected chi connectivity index (χ2v) is 6.77. The van der Waals surface area contributed by atoms with E-state index in [1.54, 1.807) is 6.07 Å². The van der Waals surface area contributed by atoms with Crippen LogP contribution in [0.25, 0.3) is 10.9 Å². The normalized spacial score (nSPS) is 16.8. The SMILES string of the molecule is CC(c1ncno1)N1CCN(c2ccc3c(=O)n(CC(F)F)cnc3c2)CC1. The second kappa shape index (κ2) is 7.63. The van der Waals surface area contributed by atoms with Gasteiger partial charge in [-0.2, -0.15) is 4.98 Å². The predicted octanol–water partition coefficient (Wildman–Crippen LogP) is 1.93. The molecule has 0 amide bonds. The van der Waals surface area contributed by atoms with E-state index in [2.05, 4.69) is 24.9 Å². The highest BCUT2D eigenvalue weighted by molar-refractivity contribution is 5.81. The Balaban J connectivity index is 1.49. The first kappa shape index (κ1) is 18.5. The van der Waals surface area contributed by atoms with Crippen molar-refractivity contribution in [3.05, 3.63) is 47.1 Å². The number of benzene rings is 1. The first-order valence-corrected chi connectivity index (χ1v) is 9.06. The van der Waals surface area contributed by atoms with Crippen LogP contribution in [-0.4, -0.2) is 57.2 Å². The van der Waals surface area contributed by atoms with Gasteiger partial charge in [0.05, 0.1) is 29.8 Å². The van der Waals surface area contributed by atoms with Gasteiger partial charge in [-0.15, -0.1) is 0 Å². The van der Waals surface area contributed by atoms with Crippen molar-refractivity contribution in [2.45, 2.75) is 25.9 Å². The molecule has 1 fully saturated rings. The van der Waals surface area contributed by atoms with Crippen LogP contribution < -0.4 is 10.5 Å². The number of nitrogens with zero attached hydrogens (tertiary/aromatic N) is 6. The number of hydrogen-bond donors (Lipinski definition) is 0. The Kier molecular flexibility index (Phi) is 5.03. The lowest BCUT2D eigenvalue weighted by Gasteiger charge is -2.38. The van der Waals surface area contributed by atoms with Crippen molar-refractivity contribution in [2.75, 3.05) is 31.1 Å². The van der Waals surface area contributed by atoms with E-state index in [1.165, 1.54) is 12.7 Å². The molecule has 1 aliphatic rings. The number of aromatic nitrogens is 4. The van der Waals surface area contributed by atoms with Crippen LogP contribution in [0.3, 0.4) is 0 Å². The molecular formula is C18H20F2N6O2. The van der Waals surface area contributed by atoms with Crippen molar-refractivity contribution >= 4 is 16.6 Å². The topological polar surface area (TPSA) is 80.3 Å². The number of fused-ring (bicyclic) bond motifs is 1. The third-order valence-electron chi connectivity index (χ3n) is 5.11. The second-order valence-electron chi connectivity index (χ2n) is 6.77. The molecule has 1 aromatic carbocycles. The average Bonchev–Trinajstić information content (AvgIpc) is 3.24. The molecule has 1 saturated heterocycles. The molecule has 0 saturated carbocycles. The van der Waals surface area contributed by atoms with Gasteiger partial charge in [0.1, 0.15) is 0 Å². The van der Waals surface area contributed by atoms with Gasteiger partial charge in [-0.1, -0.05) is 5.16 Å².